The third-order valence-electron chi connectivity index (χ3n) is 5.46. The molecule has 29 heavy (non-hydrogen) atoms. The van der Waals surface area contributed by atoms with Crippen LogP contribution in [0.3, 0.4) is 0 Å². The van der Waals surface area contributed by atoms with Crippen LogP contribution in [0.4, 0.5) is 5.82 Å². The lowest BCUT2D eigenvalue weighted by Gasteiger charge is -2.33. The van der Waals surface area contributed by atoms with Gasteiger partial charge in [0.2, 0.25) is 0 Å². The van der Waals surface area contributed by atoms with Gasteiger partial charge in [-0.05, 0) is 31.5 Å². The SMILES string of the molecule is CN=C(NCCCOCC1CCOC1)NCc1ccc(N2CCN(C)CC2)nc1. The maximum Gasteiger partial charge on any atom is 0.191 e. The smallest absolute Gasteiger partial charge is 0.191 e. The molecule has 2 saturated heterocycles. The normalized spacial score (nSPS) is 20.8. The third kappa shape index (κ3) is 7.45. The van der Waals surface area contributed by atoms with Gasteiger partial charge in [0, 0.05) is 71.6 Å². The summed E-state index contributed by atoms with van der Waals surface area (Å²) in [7, 11) is 3.96. The molecule has 0 aliphatic carbocycles. The van der Waals surface area contributed by atoms with Gasteiger partial charge in [-0.1, -0.05) is 6.07 Å². The first kappa shape index (κ1) is 21.8. The van der Waals surface area contributed by atoms with Crippen molar-refractivity contribution in [3.05, 3.63) is 23.9 Å². The predicted molar refractivity (Wildman–Crippen MR) is 117 cm³/mol. The molecule has 1 atom stereocenters. The minimum Gasteiger partial charge on any atom is -0.381 e. The number of ether oxygens (including phenoxy) is 2. The molecular weight excluding hydrogens is 368 g/mol. The number of nitrogens with zero attached hydrogens (tertiary/aromatic N) is 4. The topological polar surface area (TPSA) is 74.3 Å². The number of piperazine rings is 1. The molecule has 0 saturated carbocycles. The fourth-order valence-electron chi connectivity index (χ4n) is 3.50. The molecule has 1 aromatic heterocycles. The largest absolute Gasteiger partial charge is 0.381 e. The molecular formula is C21H36N6O2. The number of nitrogens with one attached hydrogen (secondary N) is 2. The van der Waals surface area contributed by atoms with E-state index < -0.39 is 0 Å². The third-order valence-corrected chi connectivity index (χ3v) is 5.46. The maximum absolute atomic E-state index is 5.73. The van der Waals surface area contributed by atoms with Crippen LogP contribution in [-0.4, -0.2) is 89.1 Å². The molecule has 1 aromatic rings. The average molecular weight is 405 g/mol. The Kier molecular flexibility index (Phi) is 8.98. The van der Waals surface area contributed by atoms with Crippen LogP contribution in [0.5, 0.6) is 0 Å². The molecule has 3 heterocycles. The van der Waals surface area contributed by atoms with E-state index in [1.165, 1.54) is 0 Å². The molecule has 3 rings (SSSR count). The number of aromatic nitrogens is 1. The number of aliphatic imine (C=N–C) groups is 1. The summed E-state index contributed by atoms with van der Waals surface area (Å²) < 4.78 is 11.1. The lowest BCUT2D eigenvalue weighted by atomic mass is 10.1. The van der Waals surface area contributed by atoms with E-state index >= 15 is 0 Å². The summed E-state index contributed by atoms with van der Waals surface area (Å²) >= 11 is 0. The van der Waals surface area contributed by atoms with Gasteiger partial charge in [-0.25, -0.2) is 4.98 Å². The number of rotatable bonds is 9. The fraction of sp³-hybridized carbons (Fsp3) is 0.714. The molecule has 8 heteroatoms. The first-order valence-electron chi connectivity index (χ1n) is 10.7. The molecule has 1 unspecified atom stereocenters. The first-order chi connectivity index (χ1) is 14.2. The number of guanidine groups is 1. The van der Waals surface area contributed by atoms with Crippen molar-refractivity contribution in [1.82, 2.24) is 20.5 Å². The first-order valence-corrected chi connectivity index (χ1v) is 10.7. The van der Waals surface area contributed by atoms with Gasteiger partial charge in [0.15, 0.2) is 5.96 Å². The monoisotopic (exact) mass is 404 g/mol. The molecule has 8 nitrogen and oxygen atoms in total. The van der Waals surface area contributed by atoms with Gasteiger partial charge >= 0.3 is 0 Å². The predicted octanol–water partition coefficient (Wildman–Crippen LogP) is 0.942. The molecule has 2 aliphatic heterocycles. The average Bonchev–Trinajstić information content (AvgIpc) is 3.27. The number of pyridine rings is 1. The molecule has 2 aliphatic rings. The Labute approximate surface area is 174 Å². The second kappa shape index (κ2) is 11.9. The van der Waals surface area contributed by atoms with Gasteiger partial charge in [0.25, 0.3) is 0 Å². The zero-order valence-electron chi connectivity index (χ0n) is 17.9. The van der Waals surface area contributed by atoms with Crippen molar-refractivity contribution >= 4 is 11.8 Å². The zero-order valence-corrected chi connectivity index (χ0v) is 17.9. The highest BCUT2D eigenvalue weighted by Gasteiger charge is 2.16. The van der Waals surface area contributed by atoms with Crippen molar-refractivity contribution in [2.24, 2.45) is 10.9 Å². The molecule has 2 fully saturated rings. The van der Waals surface area contributed by atoms with Crippen LogP contribution in [0.25, 0.3) is 0 Å². The standard InChI is InChI=1S/C21H36N6O2/c1-22-21(23-7-3-12-28-16-19-6-13-29-17-19)25-15-18-4-5-20(24-14-18)27-10-8-26(2)9-11-27/h4-5,14,19H,3,6-13,15-17H2,1-2H3,(H2,22,23,25). The van der Waals surface area contributed by atoms with E-state index in [4.69, 9.17) is 9.47 Å². The van der Waals surface area contributed by atoms with E-state index in [0.29, 0.717) is 12.5 Å². The zero-order chi connectivity index (χ0) is 20.3. The van der Waals surface area contributed by atoms with Gasteiger partial charge in [-0.2, -0.15) is 0 Å². The van der Waals surface area contributed by atoms with Gasteiger partial charge in [-0.15, -0.1) is 0 Å². The quantitative estimate of drug-likeness (QED) is 0.360. The van der Waals surface area contributed by atoms with E-state index in [0.717, 1.165) is 89.3 Å². The van der Waals surface area contributed by atoms with E-state index in [9.17, 15) is 0 Å². The minimum absolute atomic E-state index is 0.577. The molecule has 2 N–H and O–H groups in total. The molecule has 0 bridgehead atoms. The van der Waals surface area contributed by atoms with Crippen LogP contribution < -0.4 is 15.5 Å². The lowest BCUT2D eigenvalue weighted by Crippen LogP contribution is -2.44. The summed E-state index contributed by atoms with van der Waals surface area (Å²) in [6.07, 6.45) is 4.03. The summed E-state index contributed by atoms with van der Waals surface area (Å²) in [6, 6.07) is 4.26. The van der Waals surface area contributed by atoms with E-state index in [1.807, 2.05) is 6.20 Å². The fourth-order valence-corrected chi connectivity index (χ4v) is 3.50. The van der Waals surface area contributed by atoms with Crippen molar-refractivity contribution < 1.29 is 9.47 Å². The Morgan fingerprint density at radius 1 is 1.28 bits per heavy atom. The lowest BCUT2D eigenvalue weighted by molar-refractivity contribution is 0.0888. The molecule has 0 amide bonds. The van der Waals surface area contributed by atoms with Crippen LogP contribution in [0.15, 0.2) is 23.3 Å². The maximum atomic E-state index is 5.73. The van der Waals surface area contributed by atoms with Crippen LogP contribution in [0.2, 0.25) is 0 Å². The van der Waals surface area contributed by atoms with Crippen molar-refractivity contribution in [2.45, 2.75) is 19.4 Å². The second-order valence-electron chi connectivity index (χ2n) is 7.83. The van der Waals surface area contributed by atoms with Gasteiger partial charge in [0.1, 0.15) is 5.82 Å². The van der Waals surface area contributed by atoms with Gasteiger partial charge < -0.3 is 29.9 Å². The van der Waals surface area contributed by atoms with Crippen molar-refractivity contribution in [3.63, 3.8) is 0 Å². The van der Waals surface area contributed by atoms with Crippen LogP contribution in [-0.2, 0) is 16.0 Å². The van der Waals surface area contributed by atoms with Crippen molar-refractivity contribution in [3.8, 4) is 0 Å². The highest BCUT2D eigenvalue weighted by molar-refractivity contribution is 5.79. The van der Waals surface area contributed by atoms with Crippen molar-refractivity contribution in [2.75, 3.05) is 78.1 Å². The molecule has 0 radical (unpaired) electrons. The molecule has 162 valence electrons. The Balaban J connectivity index is 1.29. The van der Waals surface area contributed by atoms with Gasteiger partial charge in [-0.3, -0.25) is 4.99 Å². The Bertz CT molecular complexity index is 610. The van der Waals surface area contributed by atoms with Crippen LogP contribution >= 0.6 is 0 Å². The summed E-state index contributed by atoms with van der Waals surface area (Å²) in [5.41, 5.74) is 1.15. The van der Waals surface area contributed by atoms with E-state index in [1.54, 1.807) is 7.05 Å². The number of likely N-dealkylation sites (N-methyl/N-ethyl adjacent to an activating group) is 1. The minimum atomic E-state index is 0.577. The second-order valence-corrected chi connectivity index (χ2v) is 7.83. The molecule has 0 spiro atoms. The summed E-state index contributed by atoms with van der Waals surface area (Å²) in [6.45, 7) is 9.09. The number of anilines is 1. The summed E-state index contributed by atoms with van der Waals surface area (Å²) in [5, 5.41) is 6.68. The van der Waals surface area contributed by atoms with Gasteiger partial charge in [0.05, 0.1) is 13.2 Å². The highest BCUT2D eigenvalue weighted by atomic mass is 16.5. The number of hydrogen-bond acceptors (Lipinski definition) is 6. The molecule has 0 aromatic carbocycles. The summed E-state index contributed by atoms with van der Waals surface area (Å²) in [4.78, 5) is 13.6. The Morgan fingerprint density at radius 3 is 2.83 bits per heavy atom. The highest BCUT2D eigenvalue weighted by Crippen LogP contribution is 2.14. The van der Waals surface area contributed by atoms with E-state index in [-0.39, 0.29) is 0 Å². The Hall–Kier alpha value is -1.90. The summed E-state index contributed by atoms with van der Waals surface area (Å²) in [5.74, 6) is 2.44. The van der Waals surface area contributed by atoms with Crippen molar-refractivity contribution in [1.29, 1.82) is 0 Å². The van der Waals surface area contributed by atoms with Crippen LogP contribution in [0.1, 0.15) is 18.4 Å². The van der Waals surface area contributed by atoms with E-state index in [2.05, 4.69) is 49.6 Å². The van der Waals surface area contributed by atoms with Crippen LogP contribution in [0, 0.1) is 5.92 Å². The Morgan fingerprint density at radius 2 is 2.14 bits per heavy atom. The number of hydrogen-bond donors (Lipinski definition) is 2.